The minimum atomic E-state index is -3.76. The van der Waals surface area contributed by atoms with Crippen LogP contribution in [0.15, 0.2) is 76.4 Å². The Labute approximate surface area is 163 Å². The fourth-order valence-corrected chi connectivity index (χ4v) is 3.52. The molecule has 0 saturated carbocycles. The van der Waals surface area contributed by atoms with E-state index in [1.807, 2.05) is 6.92 Å². The highest BCUT2D eigenvalue weighted by molar-refractivity contribution is 7.92. The number of ether oxygens (including phenoxy) is 1. The Morgan fingerprint density at radius 2 is 1.75 bits per heavy atom. The van der Waals surface area contributed by atoms with Gasteiger partial charge < -0.3 is 14.5 Å². The number of amides is 1. The number of rotatable bonds is 8. The van der Waals surface area contributed by atoms with Gasteiger partial charge in [-0.25, -0.2) is 8.42 Å². The smallest absolute Gasteiger partial charge is 0.261 e. The first-order valence-corrected chi connectivity index (χ1v) is 10.1. The van der Waals surface area contributed by atoms with Crippen LogP contribution in [0.5, 0.6) is 5.75 Å². The maximum atomic E-state index is 12.5. The summed E-state index contributed by atoms with van der Waals surface area (Å²) in [5, 5.41) is 2.74. The van der Waals surface area contributed by atoms with Gasteiger partial charge in [-0.15, -0.1) is 0 Å². The molecule has 0 saturated heterocycles. The van der Waals surface area contributed by atoms with Crippen molar-refractivity contribution in [1.29, 1.82) is 0 Å². The molecule has 0 atom stereocenters. The first-order valence-electron chi connectivity index (χ1n) is 8.63. The number of anilines is 1. The summed E-state index contributed by atoms with van der Waals surface area (Å²) in [4.78, 5) is 12.2. The van der Waals surface area contributed by atoms with Gasteiger partial charge in [-0.2, -0.15) is 0 Å². The molecule has 28 heavy (non-hydrogen) atoms. The Kier molecular flexibility index (Phi) is 6.00. The summed E-state index contributed by atoms with van der Waals surface area (Å²) in [6, 6.07) is 14.1. The Bertz CT molecular complexity index is 1010. The molecule has 3 rings (SSSR count). The van der Waals surface area contributed by atoms with Crippen molar-refractivity contribution < 1.29 is 22.4 Å². The van der Waals surface area contributed by atoms with Gasteiger partial charge in [-0.05, 0) is 61.5 Å². The molecule has 0 unspecified atom stereocenters. The van der Waals surface area contributed by atoms with Crippen molar-refractivity contribution in [3.63, 3.8) is 0 Å². The topological polar surface area (TPSA) is 97.6 Å². The third-order valence-corrected chi connectivity index (χ3v) is 5.27. The van der Waals surface area contributed by atoms with Crippen molar-refractivity contribution in [1.82, 2.24) is 5.32 Å². The van der Waals surface area contributed by atoms with Crippen LogP contribution in [0, 0.1) is 0 Å². The maximum Gasteiger partial charge on any atom is 0.261 e. The van der Waals surface area contributed by atoms with Crippen LogP contribution in [0.25, 0.3) is 0 Å². The van der Waals surface area contributed by atoms with E-state index in [0.717, 1.165) is 5.56 Å². The van der Waals surface area contributed by atoms with Gasteiger partial charge in [0.25, 0.3) is 15.9 Å². The van der Waals surface area contributed by atoms with E-state index in [0.29, 0.717) is 30.2 Å². The van der Waals surface area contributed by atoms with Crippen molar-refractivity contribution in [2.45, 2.75) is 18.4 Å². The Morgan fingerprint density at radius 3 is 2.36 bits per heavy atom. The standard InChI is InChI=1S/C20H20N2O5S/c1-2-27-18-7-5-17(6-8-18)22-28(24,25)19-9-3-16(4-10-19)20(23)21-13-15-11-12-26-14-15/h3-12,14,22H,2,13H2,1H3,(H,21,23). The summed E-state index contributed by atoms with van der Waals surface area (Å²) in [6.45, 7) is 2.74. The predicted octanol–water partition coefficient (Wildman–Crippen LogP) is 3.41. The number of hydrogen-bond donors (Lipinski definition) is 2. The van der Waals surface area contributed by atoms with Gasteiger partial charge in [-0.3, -0.25) is 9.52 Å². The zero-order valence-corrected chi connectivity index (χ0v) is 16.0. The van der Waals surface area contributed by atoms with Crippen LogP contribution in [0.2, 0.25) is 0 Å². The number of nitrogens with one attached hydrogen (secondary N) is 2. The van der Waals surface area contributed by atoms with Crippen LogP contribution < -0.4 is 14.8 Å². The summed E-state index contributed by atoms with van der Waals surface area (Å²) >= 11 is 0. The van der Waals surface area contributed by atoms with Gasteiger partial charge in [-0.1, -0.05) is 0 Å². The lowest BCUT2D eigenvalue weighted by Gasteiger charge is -2.10. The summed E-state index contributed by atoms with van der Waals surface area (Å²) in [6.07, 6.45) is 3.07. The van der Waals surface area contributed by atoms with Gasteiger partial charge in [0.1, 0.15) is 5.75 Å². The lowest BCUT2D eigenvalue weighted by molar-refractivity contribution is 0.0950. The number of furan rings is 1. The first-order chi connectivity index (χ1) is 13.5. The molecular formula is C20H20N2O5S. The minimum Gasteiger partial charge on any atom is -0.494 e. The average molecular weight is 400 g/mol. The van der Waals surface area contributed by atoms with Crippen LogP contribution in [0.3, 0.4) is 0 Å². The van der Waals surface area contributed by atoms with E-state index in [-0.39, 0.29) is 10.8 Å². The second-order valence-corrected chi connectivity index (χ2v) is 7.58. The normalized spacial score (nSPS) is 11.0. The van der Waals surface area contributed by atoms with Crippen LogP contribution in [0.1, 0.15) is 22.8 Å². The Hall–Kier alpha value is -3.26. The van der Waals surface area contributed by atoms with Crippen molar-refractivity contribution in [2.24, 2.45) is 0 Å². The van der Waals surface area contributed by atoms with Gasteiger partial charge in [0.15, 0.2) is 0 Å². The molecular weight excluding hydrogens is 380 g/mol. The average Bonchev–Trinajstić information content (AvgIpc) is 3.21. The molecule has 0 bridgehead atoms. The minimum absolute atomic E-state index is 0.0627. The molecule has 0 radical (unpaired) electrons. The van der Waals surface area contributed by atoms with Crippen LogP contribution in [-0.4, -0.2) is 20.9 Å². The van der Waals surface area contributed by atoms with Crippen molar-refractivity contribution >= 4 is 21.6 Å². The van der Waals surface area contributed by atoms with Crippen molar-refractivity contribution in [2.75, 3.05) is 11.3 Å². The Balaban J connectivity index is 1.64. The van der Waals surface area contributed by atoms with E-state index < -0.39 is 10.0 Å². The first kappa shape index (κ1) is 19.5. The van der Waals surface area contributed by atoms with E-state index in [9.17, 15) is 13.2 Å². The summed E-state index contributed by atoms with van der Waals surface area (Å²) in [5.41, 5.74) is 1.63. The second-order valence-electron chi connectivity index (χ2n) is 5.90. The molecule has 0 aliphatic heterocycles. The molecule has 0 aliphatic carbocycles. The number of sulfonamides is 1. The molecule has 0 aliphatic rings. The largest absolute Gasteiger partial charge is 0.494 e. The molecule has 1 amide bonds. The van der Waals surface area contributed by atoms with Gasteiger partial charge in [0.05, 0.1) is 24.0 Å². The van der Waals surface area contributed by atoms with E-state index in [2.05, 4.69) is 10.0 Å². The lowest BCUT2D eigenvalue weighted by atomic mass is 10.2. The van der Waals surface area contributed by atoms with Gasteiger partial charge in [0.2, 0.25) is 0 Å². The fraction of sp³-hybridized carbons (Fsp3) is 0.150. The second kappa shape index (κ2) is 8.62. The van der Waals surface area contributed by atoms with Crippen LogP contribution in [-0.2, 0) is 16.6 Å². The van der Waals surface area contributed by atoms with Crippen LogP contribution in [0.4, 0.5) is 5.69 Å². The SMILES string of the molecule is CCOc1ccc(NS(=O)(=O)c2ccc(C(=O)NCc3ccoc3)cc2)cc1. The molecule has 0 spiro atoms. The summed E-state index contributed by atoms with van der Waals surface area (Å²) in [5.74, 6) is 0.362. The molecule has 146 valence electrons. The molecule has 8 heteroatoms. The summed E-state index contributed by atoms with van der Waals surface area (Å²) < 4.78 is 37.8. The van der Waals surface area contributed by atoms with Crippen molar-refractivity contribution in [3.05, 3.63) is 78.3 Å². The number of carbonyl (C=O) groups is 1. The quantitative estimate of drug-likeness (QED) is 0.604. The van der Waals surface area contributed by atoms with Crippen LogP contribution >= 0.6 is 0 Å². The zero-order chi connectivity index (χ0) is 20.0. The lowest BCUT2D eigenvalue weighted by Crippen LogP contribution is -2.22. The van der Waals surface area contributed by atoms with E-state index >= 15 is 0 Å². The third kappa shape index (κ3) is 4.92. The highest BCUT2D eigenvalue weighted by atomic mass is 32.2. The molecule has 2 aromatic carbocycles. The third-order valence-electron chi connectivity index (χ3n) is 3.88. The van der Waals surface area contributed by atoms with Gasteiger partial charge >= 0.3 is 0 Å². The molecule has 2 N–H and O–H groups in total. The molecule has 7 nitrogen and oxygen atoms in total. The van der Waals surface area contributed by atoms with E-state index in [1.165, 1.54) is 30.5 Å². The number of hydrogen-bond acceptors (Lipinski definition) is 5. The van der Waals surface area contributed by atoms with Crippen molar-refractivity contribution in [3.8, 4) is 5.75 Å². The molecule has 1 aromatic heterocycles. The molecule has 3 aromatic rings. The Morgan fingerprint density at radius 1 is 1.04 bits per heavy atom. The monoisotopic (exact) mass is 400 g/mol. The fourth-order valence-electron chi connectivity index (χ4n) is 2.46. The predicted molar refractivity (Wildman–Crippen MR) is 105 cm³/mol. The number of benzene rings is 2. The highest BCUT2D eigenvalue weighted by Gasteiger charge is 2.15. The van der Waals surface area contributed by atoms with E-state index in [1.54, 1.807) is 36.6 Å². The van der Waals surface area contributed by atoms with E-state index in [4.69, 9.17) is 9.15 Å². The molecule has 1 heterocycles. The zero-order valence-electron chi connectivity index (χ0n) is 15.2. The summed E-state index contributed by atoms with van der Waals surface area (Å²) in [7, 11) is -3.76. The highest BCUT2D eigenvalue weighted by Crippen LogP contribution is 2.20. The maximum absolute atomic E-state index is 12.5. The molecule has 0 fully saturated rings. The van der Waals surface area contributed by atoms with Gasteiger partial charge in [0, 0.05) is 23.4 Å². The number of carbonyl (C=O) groups excluding carboxylic acids is 1.